The fourth-order valence-corrected chi connectivity index (χ4v) is 1.67. The molecule has 0 amide bonds. The third-order valence-corrected chi connectivity index (χ3v) is 3.04. The van der Waals surface area contributed by atoms with Crippen LogP contribution in [0.3, 0.4) is 0 Å². The summed E-state index contributed by atoms with van der Waals surface area (Å²) in [5.41, 5.74) is 0.887. The first kappa shape index (κ1) is 9.43. The van der Waals surface area contributed by atoms with Crippen molar-refractivity contribution in [2.75, 3.05) is 0 Å². The molecular weight excluding hydrogens is 204 g/mol. The average Bonchev–Trinajstić information content (AvgIpc) is 2.16. The number of hydrogen-bond acceptors (Lipinski definition) is 3. The van der Waals surface area contributed by atoms with Gasteiger partial charge in [-0.25, -0.2) is 0 Å². The summed E-state index contributed by atoms with van der Waals surface area (Å²) < 4.78 is 10.3. The van der Waals surface area contributed by atoms with Crippen LogP contribution < -0.4 is 4.43 Å². The molecule has 2 nitrogen and oxygen atoms in total. The first-order chi connectivity index (χ1) is 5.79. The van der Waals surface area contributed by atoms with E-state index in [1.165, 1.54) is 0 Å². The maximum Gasteiger partial charge on any atom is 0.205 e. The van der Waals surface area contributed by atoms with Crippen LogP contribution in [0, 0.1) is 0 Å². The molecule has 0 saturated heterocycles. The Kier molecular flexibility index (Phi) is 3.45. The van der Waals surface area contributed by atoms with Crippen molar-refractivity contribution in [2.45, 2.75) is 0 Å². The summed E-state index contributed by atoms with van der Waals surface area (Å²) >= 11 is 5.02. The molecule has 5 heteroatoms. The molecule has 1 aromatic carbocycles. The molecule has 0 radical (unpaired) electrons. The minimum absolute atomic E-state index is 0.535. The summed E-state index contributed by atoms with van der Waals surface area (Å²) in [5.74, 6) is 0.824. The lowest BCUT2D eigenvalue weighted by Gasteiger charge is -2.08. The molecule has 0 spiro atoms. The largest absolute Gasteiger partial charge is 0.553 e. The Bertz CT molecular complexity index is 290. The van der Waals surface area contributed by atoms with E-state index in [0.717, 1.165) is 11.3 Å². The Morgan fingerprint density at radius 2 is 1.92 bits per heavy atom. The Labute approximate surface area is 83.0 Å². The predicted molar refractivity (Wildman–Crippen MR) is 59.7 cm³/mol. The van der Waals surface area contributed by atoms with Crippen LogP contribution in [0.4, 0.5) is 0 Å². The predicted octanol–water partition coefficient (Wildman–Crippen LogP) is -0.682. The van der Waals surface area contributed by atoms with Gasteiger partial charge in [0.2, 0.25) is 21.0 Å². The van der Waals surface area contributed by atoms with Gasteiger partial charge in [-0.1, -0.05) is 12.1 Å². The quantitative estimate of drug-likeness (QED) is 0.480. The lowest BCUT2D eigenvalue weighted by atomic mass is 10.2. The van der Waals surface area contributed by atoms with Crippen molar-refractivity contribution in [3.8, 4) is 5.75 Å². The number of benzene rings is 1. The highest BCUT2D eigenvalue weighted by Crippen LogP contribution is 2.17. The van der Waals surface area contributed by atoms with Crippen LogP contribution in [-0.4, -0.2) is 26.0 Å². The lowest BCUT2D eigenvalue weighted by molar-refractivity contribution is 0.598. The lowest BCUT2D eigenvalue weighted by Crippen LogP contribution is -2.03. The van der Waals surface area contributed by atoms with E-state index in [0.29, 0.717) is 26.0 Å². The van der Waals surface area contributed by atoms with Gasteiger partial charge in [-0.05, 0) is 24.4 Å². The van der Waals surface area contributed by atoms with Gasteiger partial charge in [-0.15, -0.1) is 0 Å². The van der Waals surface area contributed by atoms with Crippen molar-refractivity contribution in [3.63, 3.8) is 0 Å². The third kappa shape index (κ3) is 1.93. The zero-order valence-electron chi connectivity index (χ0n) is 7.03. The van der Waals surface area contributed by atoms with Crippen LogP contribution in [0.15, 0.2) is 24.3 Å². The van der Waals surface area contributed by atoms with E-state index in [1.54, 1.807) is 0 Å². The molecule has 0 bridgehead atoms. The average molecular weight is 214 g/mol. The highest BCUT2D eigenvalue weighted by molar-refractivity contribution is 7.80. The molecule has 64 valence electrons. The minimum Gasteiger partial charge on any atom is -0.553 e. The number of para-hydroxylation sites is 1. The number of hydrogen-bond donors (Lipinski definition) is 0. The summed E-state index contributed by atoms with van der Waals surface area (Å²) in [7, 11) is 1.29. The molecule has 0 unspecified atom stereocenters. The van der Waals surface area contributed by atoms with E-state index in [2.05, 4.69) is 0 Å². The molecule has 0 fully saturated rings. The van der Waals surface area contributed by atoms with Gasteiger partial charge >= 0.3 is 0 Å². The molecular formula is C7H10O2SSi2. The fourth-order valence-electron chi connectivity index (χ4n) is 0.923. The first-order valence-electron chi connectivity index (χ1n) is 3.51. The summed E-state index contributed by atoms with van der Waals surface area (Å²) in [6.45, 7) is 0. The van der Waals surface area contributed by atoms with Gasteiger partial charge in [0, 0.05) is 0 Å². The van der Waals surface area contributed by atoms with E-state index in [4.69, 9.17) is 21.1 Å². The van der Waals surface area contributed by atoms with Crippen LogP contribution >= 0.6 is 12.2 Å². The molecule has 0 N–H and O–H groups in total. The van der Waals surface area contributed by atoms with Gasteiger partial charge < -0.3 is 8.85 Å². The monoisotopic (exact) mass is 214 g/mol. The SMILES string of the molecule is [SiH3]OC(=S)c1ccccc1O[SiH3]. The minimum atomic E-state index is 0.535. The van der Waals surface area contributed by atoms with Crippen LogP contribution in [0.5, 0.6) is 5.75 Å². The van der Waals surface area contributed by atoms with E-state index < -0.39 is 0 Å². The fraction of sp³-hybridized carbons (Fsp3) is 0. The maximum absolute atomic E-state index is 5.26. The smallest absolute Gasteiger partial charge is 0.205 e. The highest BCUT2D eigenvalue weighted by Gasteiger charge is 2.05. The van der Waals surface area contributed by atoms with Gasteiger partial charge in [0.05, 0.1) is 5.56 Å². The second kappa shape index (κ2) is 4.39. The molecule has 0 aliphatic carbocycles. The Morgan fingerprint density at radius 3 is 2.50 bits per heavy atom. The molecule has 0 saturated carbocycles. The maximum atomic E-state index is 5.26. The zero-order chi connectivity index (χ0) is 8.97. The van der Waals surface area contributed by atoms with Gasteiger partial charge in [0.1, 0.15) is 5.75 Å². The van der Waals surface area contributed by atoms with E-state index in [1.807, 2.05) is 24.3 Å². The van der Waals surface area contributed by atoms with Crippen molar-refractivity contribution in [1.82, 2.24) is 0 Å². The normalized spacial score (nSPS) is 9.67. The van der Waals surface area contributed by atoms with Crippen molar-refractivity contribution in [2.24, 2.45) is 0 Å². The van der Waals surface area contributed by atoms with E-state index in [9.17, 15) is 0 Å². The summed E-state index contributed by atoms with van der Waals surface area (Å²) in [6, 6.07) is 7.65. The molecule has 0 aliphatic rings. The number of thiocarbonyl (C=S) groups is 1. The first-order valence-corrected chi connectivity index (χ1v) is 5.55. The van der Waals surface area contributed by atoms with Crippen LogP contribution in [-0.2, 0) is 4.43 Å². The van der Waals surface area contributed by atoms with Gasteiger partial charge in [-0.3, -0.25) is 0 Å². The topological polar surface area (TPSA) is 18.5 Å². The van der Waals surface area contributed by atoms with E-state index in [-0.39, 0.29) is 0 Å². The number of rotatable bonds is 2. The van der Waals surface area contributed by atoms with Crippen LogP contribution in [0.25, 0.3) is 0 Å². The van der Waals surface area contributed by atoms with Crippen molar-refractivity contribution in [3.05, 3.63) is 29.8 Å². The van der Waals surface area contributed by atoms with Crippen molar-refractivity contribution < 1.29 is 8.85 Å². The summed E-state index contributed by atoms with van der Waals surface area (Å²) in [6.07, 6.45) is 0. The summed E-state index contributed by atoms with van der Waals surface area (Å²) in [5, 5.41) is 0.535. The standard InChI is InChI=1S/C7H10O2SSi2/c10-7(9-12)5-3-1-2-4-6(5)8-11/h1-4H,11-12H3. The van der Waals surface area contributed by atoms with Gasteiger partial charge in [0.25, 0.3) is 0 Å². The van der Waals surface area contributed by atoms with Gasteiger partial charge in [-0.2, -0.15) is 0 Å². The second-order valence-electron chi connectivity index (χ2n) is 2.19. The Hall–Kier alpha value is -0.656. The zero-order valence-corrected chi connectivity index (χ0v) is 11.9. The van der Waals surface area contributed by atoms with Crippen LogP contribution in [0.1, 0.15) is 5.56 Å². The molecule has 0 atom stereocenters. The van der Waals surface area contributed by atoms with Crippen LogP contribution in [0.2, 0.25) is 0 Å². The van der Waals surface area contributed by atoms with Crippen molar-refractivity contribution in [1.29, 1.82) is 0 Å². The van der Waals surface area contributed by atoms with E-state index >= 15 is 0 Å². The highest BCUT2D eigenvalue weighted by atomic mass is 32.1. The molecule has 1 aromatic rings. The molecule has 0 aromatic heterocycles. The van der Waals surface area contributed by atoms with Crippen molar-refractivity contribution >= 4 is 38.2 Å². The third-order valence-electron chi connectivity index (χ3n) is 1.51. The Morgan fingerprint density at radius 1 is 1.25 bits per heavy atom. The molecule has 0 heterocycles. The summed E-state index contributed by atoms with van der Waals surface area (Å²) in [4.78, 5) is 0. The molecule has 0 aliphatic heterocycles. The second-order valence-corrected chi connectivity index (χ2v) is 3.38. The molecule has 12 heavy (non-hydrogen) atoms. The molecule has 1 rings (SSSR count). The van der Waals surface area contributed by atoms with Gasteiger partial charge in [0.15, 0.2) is 5.05 Å². The Balaban J connectivity index is 3.04.